The SMILES string of the molecule is CNCCC1=C[CH]C=CC=C1C. The number of nitrogens with one attached hydrogen (secondary N) is 1. The molecule has 0 saturated carbocycles. The summed E-state index contributed by atoms with van der Waals surface area (Å²) < 4.78 is 0. The van der Waals surface area contributed by atoms with E-state index in [1.807, 2.05) is 7.05 Å². The molecule has 0 spiro atoms. The number of hydrogen-bond donors (Lipinski definition) is 1. The molecule has 0 atom stereocenters. The number of hydrogen-bond acceptors (Lipinski definition) is 1. The highest BCUT2D eigenvalue weighted by molar-refractivity contribution is 5.38. The maximum absolute atomic E-state index is 3.15. The summed E-state index contributed by atoms with van der Waals surface area (Å²) in [5.41, 5.74) is 2.80. The fraction of sp³-hybridized carbons (Fsp3) is 0.364. The largest absolute Gasteiger partial charge is 0.319 e. The van der Waals surface area contributed by atoms with Gasteiger partial charge in [0, 0.05) is 6.42 Å². The van der Waals surface area contributed by atoms with E-state index < -0.39 is 0 Å². The van der Waals surface area contributed by atoms with Gasteiger partial charge in [0.25, 0.3) is 0 Å². The van der Waals surface area contributed by atoms with Crippen molar-refractivity contribution in [2.24, 2.45) is 0 Å². The van der Waals surface area contributed by atoms with Crippen LogP contribution in [0.4, 0.5) is 0 Å². The Bertz CT molecular complexity index is 221. The van der Waals surface area contributed by atoms with E-state index in [9.17, 15) is 0 Å². The average molecular weight is 162 g/mol. The monoisotopic (exact) mass is 162 g/mol. The maximum atomic E-state index is 3.15. The lowest BCUT2D eigenvalue weighted by Gasteiger charge is -2.05. The lowest BCUT2D eigenvalue weighted by atomic mass is 10.0. The third-order valence-corrected chi connectivity index (χ3v) is 2.02. The van der Waals surface area contributed by atoms with Crippen LogP contribution in [0.25, 0.3) is 0 Å². The summed E-state index contributed by atoms with van der Waals surface area (Å²) in [5.74, 6) is 0. The smallest absolute Gasteiger partial charge is 0.00535 e. The molecule has 0 bridgehead atoms. The molecule has 0 aromatic carbocycles. The molecule has 1 aliphatic carbocycles. The lowest BCUT2D eigenvalue weighted by molar-refractivity contribution is 0.788. The van der Waals surface area contributed by atoms with Crippen LogP contribution in [-0.4, -0.2) is 13.6 Å². The van der Waals surface area contributed by atoms with E-state index >= 15 is 0 Å². The molecule has 0 amide bonds. The van der Waals surface area contributed by atoms with Gasteiger partial charge in [-0.15, -0.1) is 0 Å². The molecule has 1 heteroatoms. The van der Waals surface area contributed by atoms with Crippen LogP contribution in [-0.2, 0) is 0 Å². The van der Waals surface area contributed by atoms with Crippen molar-refractivity contribution < 1.29 is 0 Å². The van der Waals surface area contributed by atoms with E-state index in [0.29, 0.717) is 0 Å². The van der Waals surface area contributed by atoms with E-state index in [0.717, 1.165) is 13.0 Å². The van der Waals surface area contributed by atoms with Gasteiger partial charge in [-0.25, -0.2) is 0 Å². The van der Waals surface area contributed by atoms with E-state index in [1.54, 1.807) is 0 Å². The molecule has 65 valence electrons. The predicted molar refractivity (Wildman–Crippen MR) is 53.8 cm³/mol. The molecule has 0 unspecified atom stereocenters. The highest BCUT2D eigenvalue weighted by atomic mass is 14.8. The molecular weight excluding hydrogens is 146 g/mol. The summed E-state index contributed by atoms with van der Waals surface area (Å²) >= 11 is 0. The van der Waals surface area contributed by atoms with Crippen molar-refractivity contribution >= 4 is 0 Å². The van der Waals surface area contributed by atoms with Gasteiger partial charge >= 0.3 is 0 Å². The van der Waals surface area contributed by atoms with Crippen LogP contribution in [0.3, 0.4) is 0 Å². The van der Waals surface area contributed by atoms with Gasteiger partial charge in [0.05, 0.1) is 0 Å². The van der Waals surface area contributed by atoms with Crippen molar-refractivity contribution in [1.82, 2.24) is 5.32 Å². The molecule has 1 radical (unpaired) electrons. The first kappa shape index (κ1) is 9.27. The van der Waals surface area contributed by atoms with Crippen molar-refractivity contribution in [1.29, 1.82) is 0 Å². The van der Waals surface area contributed by atoms with Crippen LogP contribution >= 0.6 is 0 Å². The molecule has 1 rings (SSSR count). The second-order valence-electron chi connectivity index (χ2n) is 2.97. The van der Waals surface area contributed by atoms with Gasteiger partial charge in [0.2, 0.25) is 0 Å². The van der Waals surface area contributed by atoms with Crippen LogP contribution in [0.15, 0.2) is 35.5 Å². The molecule has 0 saturated heterocycles. The zero-order valence-electron chi connectivity index (χ0n) is 7.80. The van der Waals surface area contributed by atoms with Gasteiger partial charge in [-0.05, 0) is 38.1 Å². The molecule has 0 aliphatic heterocycles. The maximum Gasteiger partial charge on any atom is 0.00535 e. The fourth-order valence-electron chi connectivity index (χ4n) is 1.21. The number of allylic oxidation sites excluding steroid dienone is 5. The van der Waals surface area contributed by atoms with Gasteiger partial charge in [-0.1, -0.05) is 24.3 Å². The fourth-order valence-corrected chi connectivity index (χ4v) is 1.21. The third kappa shape index (κ3) is 2.67. The summed E-state index contributed by atoms with van der Waals surface area (Å²) in [7, 11) is 1.98. The van der Waals surface area contributed by atoms with Gasteiger partial charge in [-0.3, -0.25) is 0 Å². The van der Waals surface area contributed by atoms with E-state index in [2.05, 4.69) is 43.0 Å². The second kappa shape index (κ2) is 4.94. The molecule has 1 nitrogen and oxygen atoms in total. The first-order valence-corrected chi connectivity index (χ1v) is 4.37. The average Bonchev–Trinajstić information content (AvgIpc) is 2.27. The van der Waals surface area contributed by atoms with E-state index in [4.69, 9.17) is 0 Å². The van der Waals surface area contributed by atoms with Crippen molar-refractivity contribution in [3.05, 3.63) is 41.9 Å². The lowest BCUT2D eigenvalue weighted by Crippen LogP contribution is -2.08. The van der Waals surface area contributed by atoms with E-state index in [-0.39, 0.29) is 0 Å². The van der Waals surface area contributed by atoms with Crippen molar-refractivity contribution in [2.75, 3.05) is 13.6 Å². The summed E-state index contributed by atoms with van der Waals surface area (Å²) in [6.07, 6.45) is 11.7. The van der Waals surface area contributed by atoms with Gasteiger partial charge in [0.15, 0.2) is 0 Å². The zero-order chi connectivity index (χ0) is 8.81. The summed E-state index contributed by atoms with van der Waals surface area (Å²) in [5, 5.41) is 3.15. The molecular formula is C11H16N. The second-order valence-corrected chi connectivity index (χ2v) is 2.97. The van der Waals surface area contributed by atoms with Crippen LogP contribution < -0.4 is 5.32 Å². The van der Waals surface area contributed by atoms with Crippen LogP contribution in [0.1, 0.15) is 13.3 Å². The van der Waals surface area contributed by atoms with Crippen molar-refractivity contribution in [3.63, 3.8) is 0 Å². The quantitative estimate of drug-likeness (QED) is 0.671. The molecule has 0 aromatic heterocycles. The standard InChI is InChI=1S/C11H16N/c1-10-6-4-3-5-7-11(10)8-9-12-2/h3-7,12H,8-9H2,1-2H3. The van der Waals surface area contributed by atoms with Gasteiger partial charge in [0.1, 0.15) is 0 Å². The molecule has 0 aromatic rings. The zero-order valence-corrected chi connectivity index (χ0v) is 7.80. The van der Waals surface area contributed by atoms with Gasteiger partial charge in [-0.2, -0.15) is 0 Å². The van der Waals surface area contributed by atoms with Crippen molar-refractivity contribution in [2.45, 2.75) is 13.3 Å². The minimum absolute atomic E-state index is 1.05. The Balaban J connectivity index is 2.56. The Hall–Kier alpha value is -0.820. The number of rotatable bonds is 3. The summed E-state index contributed by atoms with van der Waals surface area (Å²) in [4.78, 5) is 0. The molecule has 1 aliphatic rings. The third-order valence-electron chi connectivity index (χ3n) is 2.02. The Labute approximate surface area is 74.9 Å². The summed E-state index contributed by atoms with van der Waals surface area (Å²) in [6.45, 7) is 3.20. The summed E-state index contributed by atoms with van der Waals surface area (Å²) in [6, 6.07) is 0. The molecule has 0 fully saturated rings. The van der Waals surface area contributed by atoms with Gasteiger partial charge < -0.3 is 5.32 Å². The Morgan fingerprint density at radius 3 is 2.83 bits per heavy atom. The van der Waals surface area contributed by atoms with Crippen LogP contribution in [0.2, 0.25) is 0 Å². The molecule has 1 N–H and O–H groups in total. The molecule has 12 heavy (non-hydrogen) atoms. The Morgan fingerprint density at radius 1 is 1.25 bits per heavy atom. The first-order chi connectivity index (χ1) is 5.84. The minimum Gasteiger partial charge on any atom is -0.319 e. The highest BCUT2D eigenvalue weighted by Gasteiger charge is 1.99. The first-order valence-electron chi connectivity index (χ1n) is 4.37. The highest BCUT2D eigenvalue weighted by Crippen LogP contribution is 2.16. The molecule has 0 heterocycles. The topological polar surface area (TPSA) is 12.0 Å². The van der Waals surface area contributed by atoms with Crippen molar-refractivity contribution in [3.8, 4) is 0 Å². The minimum atomic E-state index is 1.05. The van der Waals surface area contributed by atoms with E-state index in [1.165, 1.54) is 11.1 Å². The van der Waals surface area contributed by atoms with Crippen LogP contribution in [0.5, 0.6) is 0 Å². The van der Waals surface area contributed by atoms with Crippen LogP contribution in [0, 0.1) is 6.42 Å². The Morgan fingerprint density at radius 2 is 2.08 bits per heavy atom. The normalized spacial score (nSPS) is 16.8. The Kier molecular flexibility index (Phi) is 3.81. The predicted octanol–water partition coefficient (Wildman–Crippen LogP) is 2.24.